The summed E-state index contributed by atoms with van der Waals surface area (Å²) in [7, 11) is 0. The molecule has 2 amide bonds. The topological polar surface area (TPSA) is 54.5 Å². The third-order valence-corrected chi connectivity index (χ3v) is 4.99. The third kappa shape index (κ3) is 4.55. The molecule has 0 aliphatic carbocycles. The number of nitrogens with one attached hydrogen (secondary N) is 1. The van der Waals surface area contributed by atoms with Crippen molar-refractivity contribution in [2.24, 2.45) is 0 Å². The normalized spacial score (nSPS) is 18.3. The van der Waals surface area contributed by atoms with E-state index in [1.165, 1.54) is 4.88 Å². The molecule has 2 aromatic rings. The summed E-state index contributed by atoms with van der Waals surface area (Å²) < 4.78 is 5.71. The van der Waals surface area contributed by atoms with Gasteiger partial charge in [0.05, 0.1) is 24.4 Å². The molecule has 0 saturated carbocycles. The van der Waals surface area contributed by atoms with Gasteiger partial charge in [0.25, 0.3) is 0 Å². The highest BCUT2D eigenvalue weighted by molar-refractivity contribution is 7.09. The summed E-state index contributed by atoms with van der Waals surface area (Å²) in [6.45, 7) is 3.98. The number of carbonyl (C=O) groups excluding carboxylic acids is 1. The molecule has 2 atom stereocenters. The molecular formula is C18H23N3O2S. The molecule has 1 aliphatic heterocycles. The zero-order valence-electron chi connectivity index (χ0n) is 13.9. The van der Waals surface area contributed by atoms with Crippen LogP contribution in [0.1, 0.15) is 36.4 Å². The number of pyridine rings is 1. The number of hydrogen-bond acceptors (Lipinski definition) is 4. The SMILES string of the molecule is CC(NC(=O)N(Cc1cccs1)CC1CCCO1)c1ccccn1. The fraction of sp³-hybridized carbons (Fsp3) is 0.444. The largest absolute Gasteiger partial charge is 0.376 e. The van der Waals surface area contributed by atoms with Gasteiger partial charge >= 0.3 is 6.03 Å². The van der Waals surface area contributed by atoms with Gasteiger partial charge < -0.3 is 15.0 Å². The number of thiophene rings is 1. The number of ether oxygens (including phenoxy) is 1. The number of carbonyl (C=O) groups is 1. The number of rotatable bonds is 6. The molecule has 1 N–H and O–H groups in total. The maximum absolute atomic E-state index is 12.8. The van der Waals surface area contributed by atoms with Gasteiger partial charge in [-0.15, -0.1) is 11.3 Å². The molecule has 3 heterocycles. The highest BCUT2D eigenvalue weighted by Crippen LogP contribution is 2.18. The lowest BCUT2D eigenvalue weighted by atomic mass is 10.2. The van der Waals surface area contributed by atoms with Crippen molar-refractivity contribution in [3.8, 4) is 0 Å². The first kappa shape index (κ1) is 16.9. The van der Waals surface area contributed by atoms with Gasteiger partial charge in [-0.2, -0.15) is 0 Å². The third-order valence-electron chi connectivity index (χ3n) is 4.13. The lowest BCUT2D eigenvalue weighted by Gasteiger charge is -2.27. The number of urea groups is 1. The van der Waals surface area contributed by atoms with Crippen LogP contribution in [0.15, 0.2) is 41.9 Å². The molecule has 6 heteroatoms. The van der Waals surface area contributed by atoms with Gasteiger partial charge in [0.15, 0.2) is 0 Å². The van der Waals surface area contributed by atoms with Gasteiger partial charge in [-0.3, -0.25) is 4.98 Å². The van der Waals surface area contributed by atoms with E-state index in [1.807, 2.05) is 41.5 Å². The van der Waals surface area contributed by atoms with E-state index in [9.17, 15) is 4.79 Å². The van der Waals surface area contributed by atoms with Gasteiger partial charge in [-0.05, 0) is 43.3 Å². The highest BCUT2D eigenvalue weighted by Gasteiger charge is 2.24. The van der Waals surface area contributed by atoms with Crippen molar-refractivity contribution in [3.63, 3.8) is 0 Å². The fourth-order valence-electron chi connectivity index (χ4n) is 2.83. The maximum Gasteiger partial charge on any atom is 0.318 e. The van der Waals surface area contributed by atoms with Crippen LogP contribution in [0.3, 0.4) is 0 Å². The molecule has 0 aromatic carbocycles. The first-order valence-corrected chi connectivity index (χ1v) is 9.20. The Morgan fingerprint density at radius 2 is 2.38 bits per heavy atom. The minimum atomic E-state index is -0.131. The van der Waals surface area contributed by atoms with E-state index in [0.717, 1.165) is 25.1 Å². The van der Waals surface area contributed by atoms with E-state index in [0.29, 0.717) is 13.1 Å². The monoisotopic (exact) mass is 345 g/mol. The molecule has 24 heavy (non-hydrogen) atoms. The number of amides is 2. The van der Waals surface area contributed by atoms with Crippen LogP contribution in [-0.2, 0) is 11.3 Å². The van der Waals surface area contributed by atoms with Crippen LogP contribution < -0.4 is 5.32 Å². The Morgan fingerprint density at radius 1 is 1.46 bits per heavy atom. The minimum absolute atomic E-state index is 0.0722. The van der Waals surface area contributed by atoms with Crippen LogP contribution in [0.5, 0.6) is 0 Å². The quantitative estimate of drug-likeness (QED) is 0.870. The predicted molar refractivity (Wildman–Crippen MR) is 94.9 cm³/mol. The molecule has 0 spiro atoms. The van der Waals surface area contributed by atoms with Crippen molar-refractivity contribution in [1.82, 2.24) is 15.2 Å². The van der Waals surface area contributed by atoms with E-state index in [1.54, 1.807) is 17.5 Å². The van der Waals surface area contributed by atoms with E-state index in [4.69, 9.17) is 4.74 Å². The fourth-order valence-corrected chi connectivity index (χ4v) is 3.55. The van der Waals surface area contributed by atoms with E-state index in [2.05, 4.69) is 16.4 Å². The predicted octanol–water partition coefficient (Wildman–Crippen LogP) is 3.59. The molecular weight excluding hydrogens is 322 g/mol. The second-order valence-corrected chi connectivity index (χ2v) is 7.05. The highest BCUT2D eigenvalue weighted by atomic mass is 32.1. The summed E-state index contributed by atoms with van der Waals surface area (Å²) in [4.78, 5) is 20.1. The number of nitrogens with zero attached hydrogens (tertiary/aromatic N) is 2. The van der Waals surface area contributed by atoms with Crippen molar-refractivity contribution in [2.45, 2.75) is 38.5 Å². The summed E-state index contributed by atoms with van der Waals surface area (Å²) in [5.74, 6) is 0. The molecule has 2 unspecified atom stereocenters. The molecule has 128 valence electrons. The Labute approximate surface area is 146 Å². The molecule has 5 nitrogen and oxygen atoms in total. The molecule has 3 rings (SSSR count). The summed E-state index contributed by atoms with van der Waals surface area (Å²) in [6, 6.07) is 9.60. The van der Waals surface area contributed by atoms with Crippen molar-refractivity contribution in [1.29, 1.82) is 0 Å². The van der Waals surface area contributed by atoms with Gasteiger partial charge in [0, 0.05) is 24.2 Å². The lowest BCUT2D eigenvalue weighted by Crippen LogP contribution is -2.44. The van der Waals surface area contributed by atoms with Gasteiger partial charge in [-0.1, -0.05) is 12.1 Å². The zero-order valence-corrected chi connectivity index (χ0v) is 14.7. The van der Waals surface area contributed by atoms with Gasteiger partial charge in [0.2, 0.25) is 0 Å². The summed E-state index contributed by atoms with van der Waals surface area (Å²) in [5.41, 5.74) is 0.860. The van der Waals surface area contributed by atoms with Crippen molar-refractivity contribution >= 4 is 17.4 Å². The van der Waals surface area contributed by atoms with Crippen LogP contribution in [0.4, 0.5) is 4.79 Å². The number of hydrogen-bond donors (Lipinski definition) is 1. The summed E-state index contributed by atoms with van der Waals surface area (Å²) in [5, 5.41) is 5.09. The average Bonchev–Trinajstić information content (AvgIpc) is 3.29. The van der Waals surface area contributed by atoms with Crippen molar-refractivity contribution in [3.05, 3.63) is 52.5 Å². The second kappa shape index (κ2) is 8.26. The minimum Gasteiger partial charge on any atom is -0.376 e. The summed E-state index contributed by atoms with van der Waals surface area (Å²) in [6.07, 6.45) is 3.97. The average molecular weight is 345 g/mol. The zero-order chi connectivity index (χ0) is 16.8. The molecule has 0 radical (unpaired) electrons. The molecule has 0 bridgehead atoms. The Bertz CT molecular complexity index is 627. The first-order chi connectivity index (χ1) is 11.7. The Morgan fingerprint density at radius 3 is 3.04 bits per heavy atom. The molecule has 2 aromatic heterocycles. The number of aromatic nitrogens is 1. The second-order valence-electron chi connectivity index (χ2n) is 6.02. The first-order valence-electron chi connectivity index (χ1n) is 8.32. The van der Waals surface area contributed by atoms with Gasteiger partial charge in [-0.25, -0.2) is 4.79 Å². The maximum atomic E-state index is 12.8. The molecule has 1 saturated heterocycles. The Balaban J connectivity index is 1.65. The van der Waals surface area contributed by atoms with Crippen LogP contribution in [-0.4, -0.2) is 35.2 Å². The van der Waals surface area contributed by atoms with Crippen molar-refractivity contribution < 1.29 is 9.53 Å². The van der Waals surface area contributed by atoms with E-state index >= 15 is 0 Å². The van der Waals surface area contributed by atoms with E-state index in [-0.39, 0.29) is 18.2 Å². The smallest absolute Gasteiger partial charge is 0.318 e. The van der Waals surface area contributed by atoms with Gasteiger partial charge in [0.1, 0.15) is 0 Å². The van der Waals surface area contributed by atoms with Crippen LogP contribution in [0.2, 0.25) is 0 Å². The summed E-state index contributed by atoms with van der Waals surface area (Å²) >= 11 is 1.67. The van der Waals surface area contributed by atoms with E-state index < -0.39 is 0 Å². The molecule has 1 aliphatic rings. The Hall–Kier alpha value is -1.92. The van der Waals surface area contributed by atoms with Crippen LogP contribution in [0, 0.1) is 0 Å². The van der Waals surface area contributed by atoms with Crippen LogP contribution in [0.25, 0.3) is 0 Å². The Kier molecular flexibility index (Phi) is 5.82. The lowest BCUT2D eigenvalue weighted by molar-refractivity contribution is 0.0792. The van der Waals surface area contributed by atoms with Crippen molar-refractivity contribution in [2.75, 3.05) is 13.2 Å². The molecule has 1 fully saturated rings. The van der Waals surface area contributed by atoms with Crippen LogP contribution >= 0.6 is 11.3 Å². The standard InChI is InChI=1S/C18H23N3O2S/c1-14(17-8-2-3-9-19-17)20-18(22)21(12-15-6-4-10-23-15)13-16-7-5-11-24-16/h2-3,5,7-9,11,14-15H,4,6,10,12-13H2,1H3,(H,20,22).